The number of imide groups is 2. The number of halogens is 1. The summed E-state index contributed by atoms with van der Waals surface area (Å²) in [5, 5.41) is 2.16. The van der Waals surface area contributed by atoms with E-state index in [1.165, 1.54) is 48.5 Å². The van der Waals surface area contributed by atoms with Gasteiger partial charge in [-0.3, -0.25) is 14.9 Å². The van der Waals surface area contributed by atoms with Crippen LogP contribution in [0.1, 0.15) is 18.1 Å². The maximum Gasteiger partial charge on any atom is 0.339 e. The summed E-state index contributed by atoms with van der Waals surface area (Å²) >= 11 is 3.28. The quantitative estimate of drug-likeness (QED) is 0.245. The van der Waals surface area contributed by atoms with Crippen LogP contribution in [0.4, 0.5) is 10.5 Å². The van der Waals surface area contributed by atoms with Gasteiger partial charge in [0, 0.05) is 0 Å². The molecule has 37 heavy (non-hydrogen) atoms. The summed E-state index contributed by atoms with van der Waals surface area (Å²) in [4.78, 5) is 38.9. The first-order valence-electron chi connectivity index (χ1n) is 11.0. The molecule has 1 aliphatic heterocycles. The van der Waals surface area contributed by atoms with Gasteiger partial charge in [-0.2, -0.15) is 8.42 Å². The van der Waals surface area contributed by atoms with Crippen LogP contribution < -0.4 is 19.1 Å². The van der Waals surface area contributed by atoms with Crippen molar-refractivity contribution in [2.75, 3.05) is 11.5 Å². The zero-order chi connectivity index (χ0) is 26.7. The monoisotopic (exact) mass is 584 g/mol. The van der Waals surface area contributed by atoms with Crippen molar-refractivity contribution in [3.8, 4) is 11.5 Å². The Labute approximate surface area is 221 Å². The molecule has 1 aliphatic rings. The van der Waals surface area contributed by atoms with E-state index < -0.39 is 28.0 Å². The largest absolute Gasteiger partial charge is 0.494 e. The molecule has 1 fully saturated rings. The Balaban J connectivity index is 1.59. The van der Waals surface area contributed by atoms with Crippen molar-refractivity contribution in [2.45, 2.75) is 18.7 Å². The predicted octanol–water partition coefficient (Wildman–Crippen LogP) is 4.59. The van der Waals surface area contributed by atoms with E-state index in [2.05, 4.69) is 21.2 Å². The molecule has 0 saturated carbocycles. The number of anilines is 1. The lowest BCUT2D eigenvalue weighted by Gasteiger charge is -2.26. The molecule has 0 atom stereocenters. The molecule has 1 N–H and O–H groups in total. The van der Waals surface area contributed by atoms with E-state index in [1.54, 1.807) is 24.3 Å². The van der Waals surface area contributed by atoms with Crippen molar-refractivity contribution in [1.82, 2.24) is 5.32 Å². The highest BCUT2D eigenvalue weighted by molar-refractivity contribution is 9.10. The molecule has 3 aromatic carbocycles. The van der Waals surface area contributed by atoms with Gasteiger partial charge in [-0.05, 0) is 89.9 Å². The number of urea groups is 1. The first kappa shape index (κ1) is 26.1. The Morgan fingerprint density at radius 1 is 0.973 bits per heavy atom. The molecular formula is C26H21BrN2O7S. The topological polar surface area (TPSA) is 119 Å². The number of carbonyl (C=O) groups excluding carboxylic acids is 3. The highest BCUT2D eigenvalue weighted by Crippen LogP contribution is 2.31. The molecule has 11 heteroatoms. The van der Waals surface area contributed by atoms with Crippen molar-refractivity contribution >= 4 is 55.7 Å². The summed E-state index contributed by atoms with van der Waals surface area (Å²) in [6.07, 6.45) is 1.30. The molecule has 0 spiro atoms. The van der Waals surface area contributed by atoms with Crippen LogP contribution in [0, 0.1) is 6.92 Å². The lowest BCUT2D eigenvalue weighted by Crippen LogP contribution is -2.54. The number of hydrogen-bond acceptors (Lipinski definition) is 7. The third-order valence-corrected chi connectivity index (χ3v) is 7.15. The molecule has 0 unspecified atom stereocenters. The van der Waals surface area contributed by atoms with E-state index in [1.807, 2.05) is 13.8 Å². The predicted molar refractivity (Wildman–Crippen MR) is 140 cm³/mol. The molecular weight excluding hydrogens is 564 g/mol. The van der Waals surface area contributed by atoms with Crippen LogP contribution in [0.2, 0.25) is 0 Å². The van der Waals surface area contributed by atoms with Gasteiger partial charge in [0.05, 0.1) is 16.8 Å². The highest BCUT2D eigenvalue weighted by atomic mass is 79.9. The van der Waals surface area contributed by atoms with E-state index in [4.69, 9.17) is 8.92 Å². The SMILES string of the molecule is CCOc1ccc(N2C(=O)NC(=O)/C(=C\c3ccc(OS(=O)(=O)c4ccc(C)cc4)c(Br)c3)C2=O)cc1. The lowest BCUT2D eigenvalue weighted by molar-refractivity contribution is -0.122. The molecule has 1 heterocycles. The minimum absolute atomic E-state index is 0.000263. The van der Waals surface area contributed by atoms with Gasteiger partial charge in [-0.1, -0.05) is 23.8 Å². The number of amides is 4. The van der Waals surface area contributed by atoms with Gasteiger partial charge in [0.2, 0.25) is 0 Å². The number of rotatable bonds is 7. The lowest BCUT2D eigenvalue weighted by atomic mass is 10.1. The average molecular weight is 585 g/mol. The van der Waals surface area contributed by atoms with Crippen molar-refractivity contribution < 1.29 is 31.7 Å². The Morgan fingerprint density at radius 2 is 1.65 bits per heavy atom. The molecule has 0 aromatic heterocycles. The Morgan fingerprint density at radius 3 is 2.27 bits per heavy atom. The summed E-state index contributed by atoms with van der Waals surface area (Å²) in [5.41, 5.74) is 1.28. The summed E-state index contributed by atoms with van der Waals surface area (Å²) < 4.78 is 36.1. The summed E-state index contributed by atoms with van der Waals surface area (Å²) in [6.45, 7) is 4.13. The molecule has 4 rings (SSSR count). The van der Waals surface area contributed by atoms with Gasteiger partial charge in [0.1, 0.15) is 16.2 Å². The van der Waals surface area contributed by atoms with Gasteiger partial charge in [0.25, 0.3) is 11.8 Å². The highest BCUT2D eigenvalue weighted by Gasteiger charge is 2.36. The van der Waals surface area contributed by atoms with Crippen molar-refractivity contribution in [3.05, 3.63) is 87.9 Å². The number of aryl methyl sites for hydroxylation is 1. The molecule has 1 saturated heterocycles. The fourth-order valence-corrected chi connectivity index (χ4v) is 4.99. The maximum atomic E-state index is 13.1. The Kier molecular flexibility index (Phi) is 7.46. The van der Waals surface area contributed by atoms with Crippen molar-refractivity contribution in [1.29, 1.82) is 0 Å². The normalized spacial score (nSPS) is 15.1. The third-order valence-electron chi connectivity index (χ3n) is 5.28. The van der Waals surface area contributed by atoms with Gasteiger partial charge in [-0.25, -0.2) is 9.69 Å². The van der Waals surface area contributed by atoms with Gasteiger partial charge in [-0.15, -0.1) is 0 Å². The molecule has 4 amide bonds. The summed E-state index contributed by atoms with van der Waals surface area (Å²) in [6, 6.07) is 16.0. The first-order valence-corrected chi connectivity index (χ1v) is 13.2. The van der Waals surface area contributed by atoms with Crippen LogP contribution in [-0.4, -0.2) is 32.9 Å². The second-order valence-corrected chi connectivity index (χ2v) is 10.3. The van der Waals surface area contributed by atoms with E-state index >= 15 is 0 Å². The number of benzene rings is 3. The summed E-state index contributed by atoms with van der Waals surface area (Å²) in [7, 11) is -4.08. The van der Waals surface area contributed by atoms with E-state index in [0.29, 0.717) is 17.9 Å². The van der Waals surface area contributed by atoms with E-state index in [-0.39, 0.29) is 26.4 Å². The summed E-state index contributed by atoms with van der Waals surface area (Å²) in [5.74, 6) is -1.07. The molecule has 3 aromatic rings. The van der Waals surface area contributed by atoms with Gasteiger partial charge >= 0.3 is 16.1 Å². The smallest absolute Gasteiger partial charge is 0.339 e. The number of ether oxygens (including phenoxy) is 1. The number of hydrogen-bond donors (Lipinski definition) is 1. The minimum atomic E-state index is -4.08. The maximum absolute atomic E-state index is 13.1. The van der Waals surface area contributed by atoms with E-state index in [9.17, 15) is 22.8 Å². The van der Waals surface area contributed by atoms with Crippen LogP contribution >= 0.6 is 15.9 Å². The van der Waals surface area contributed by atoms with Crippen LogP contribution in [0.15, 0.2) is 81.7 Å². The Bertz CT molecular complexity index is 1520. The fraction of sp³-hybridized carbons (Fsp3) is 0.115. The molecule has 0 aliphatic carbocycles. The second-order valence-electron chi connectivity index (χ2n) is 7.93. The average Bonchev–Trinajstić information content (AvgIpc) is 2.85. The van der Waals surface area contributed by atoms with Crippen LogP contribution in [0.3, 0.4) is 0 Å². The third kappa shape index (κ3) is 5.73. The molecule has 0 bridgehead atoms. The number of barbiturate groups is 1. The molecule has 0 radical (unpaired) electrons. The van der Waals surface area contributed by atoms with Crippen LogP contribution in [0.5, 0.6) is 11.5 Å². The standard InChI is InChI=1S/C26H21BrN2O7S/c1-3-35-19-9-7-18(8-10-19)29-25(31)21(24(30)28-26(29)32)14-17-6-13-23(22(27)15-17)36-37(33,34)20-11-4-16(2)5-12-20/h4-15H,3H2,1-2H3,(H,28,30,32)/b21-14+. The number of carbonyl (C=O) groups is 3. The fourth-order valence-electron chi connectivity index (χ4n) is 3.46. The second kappa shape index (κ2) is 10.6. The van der Waals surface area contributed by atoms with E-state index in [0.717, 1.165) is 10.5 Å². The molecule has 190 valence electrons. The Hall–Kier alpha value is -3.96. The van der Waals surface area contributed by atoms with Crippen LogP contribution in [-0.2, 0) is 19.7 Å². The first-order chi connectivity index (χ1) is 17.6. The molecule has 9 nitrogen and oxygen atoms in total. The van der Waals surface area contributed by atoms with Crippen molar-refractivity contribution in [2.24, 2.45) is 0 Å². The van der Waals surface area contributed by atoms with Crippen molar-refractivity contribution in [3.63, 3.8) is 0 Å². The van der Waals surface area contributed by atoms with Crippen LogP contribution in [0.25, 0.3) is 6.08 Å². The number of nitrogens with one attached hydrogen (secondary N) is 1. The zero-order valence-electron chi connectivity index (χ0n) is 19.7. The number of nitrogens with zero attached hydrogens (tertiary/aromatic N) is 1. The minimum Gasteiger partial charge on any atom is -0.494 e. The van der Waals surface area contributed by atoms with Gasteiger partial charge in [0.15, 0.2) is 5.75 Å². The van der Waals surface area contributed by atoms with Gasteiger partial charge < -0.3 is 8.92 Å². The zero-order valence-corrected chi connectivity index (χ0v) is 22.1.